The van der Waals surface area contributed by atoms with E-state index < -0.39 is 11.5 Å². The van der Waals surface area contributed by atoms with Crippen LogP contribution in [0.3, 0.4) is 0 Å². The number of thioether (sulfide) groups is 1. The van der Waals surface area contributed by atoms with Crippen LogP contribution in [0.25, 0.3) is 0 Å². The molecule has 0 saturated carbocycles. The minimum atomic E-state index is -1.23. The fourth-order valence-corrected chi connectivity index (χ4v) is 2.92. The van der Waals surface area contributed by atoms with Crippen molar-refractivity contribution in [1.29, 1.82) is 0 Å². The van der Waals surface area contributed by atoms with Gasteiger partial charge in [-0.3, -0.25) is 4.79 Å². The van der Waals surface area contributed by atoms with Crippen LogP contribution in [-0.4, -0.2) is 44.9 Å². The minimum Gasteiger partial charge on any atom is -0.467 e. The number of aryl methyl sites for hydroxylation is 1. The Morgan fingerprint density at radius 1 is 1.33 bits per heavy atom. The standard InChI is InChI=1S/C15H19N5O3S/c1-15(13(22)23-3,11-7-5-4-6-8-11)16-12(21)9-10-24-14-17-18-19-20(14)2/h4-8H,9-10H2,1-3H3,(H,16,21)/t15-/m0/s1. The van der Waals surface area contributed by atoms with E-state index in [1.807, 2.05) is 6.07 Å². The van der Waals surface area contributed by atoms with Crippen LogP contribution in [0.5, 0.6) is 0 Å². The van der Waals surface area contributed by atoms with Gasteiger partial charge >= 0.3 is 5.97 Å². The zero-order valence-electron chi connectivity index (χ0n) is 13.7. The Hall–Kier alpha value is -2.42. The van der Waals surface area contributed by atoms with Crippen LogP contribution in [-0.2, 0) is 26.9 Å². The van der Waals surface area contributed by atoms with Crippen molar-refractivity contribution in [3.63, 3.8) is 0 Å². The van der Waals surface area contributed by atoms with Gasteiger partial charge in [0, 0.05) is 19.2 Å². The van der Waals surface area contributed by atoms with E-state index in [2.05, 4.69) is 20.8 Å². The second-order valence-corrected chi connectivity index (χ2v) is 6.28. The lowest BCUT2D eigenvalue weighted by Gasteiger charge is -2.28. The van der Waals surface area contributed by atoms with Crippen LogP contribution in [0.2, 0.25) is 0 Å². The van der Waals surface area contributed by atoms with Crippen molar-refractivity contribution in [2.24, 2.45) is 7.05 Å². The molecule has 0 spiro atoms. The highest BCUT2D eigenvalue weighted by Crippen LogP contribution is 2.23. The number of nitrogens with zero attached hydrogens (tertiary/aromatic N) is 4. The average molecular weight is 349 g/mol. The predicted octanol–water partition coefficient (Wildman–Crippen LogP) is 0.897. The largest absolute Gasteiger partial charge is 0.467 e. The van der Waals surface area contributed by atoms with E-state index in [4.69, 9.17) is 4.74 Å². The molecule has 9 heteroatoms. The molecule has 0 saturated heterocycles. The molecular weight excluding hydrogens is 330 g/mol. The lowest BCUT2D eigenvalue weighted by atomic mass is 9.92. The summed E-state index contributed by atoms with van der Waals surface area (Å²) in [5.74, 6) is -0.284. The first-order chi connectivity index (χ1) is 11.5. The summed E-state index contributed by atoms with van der Waals surface area (Å²) in [4.78, 5) is 24.5. The van der Waals surface area contributed by atoms with E-state index in [-0.39, 0.29) is 12.3 Å². The normalized spacial score (nSPS) is 13.1. The highest BCUT2D eigenvalue weighted by atomic mass is 32.2. The quantitative estimate of drug-likeness (QED) is 0.585. The van der Waals surface area contributed by atoms with E-state index in [0.717, 1.165) is 0 Å². The van der Waals surface area contributed by atoms with Crippen LogP contribution in [0, 0.1) is 0 Å². The number of carbonyl (C=O) groups excluding carboxylic acids is 2. The number of nitrogens with one attached hydrogen (secondary N) is 1. The molecule has 2 aromatic rings. The molecule has 24 heavy (non-hydrogen) atoms. The van der Waals surface area contributed by atoms with Gasteiger partial charge in [-0.2, -0.15) is 0 Å². The van der Waals surface area contributed by atoms with E-state index in [1.165, 1.54) is 23.6 Å². The van der Waals surface area contributed by atoms with Crippen LogP contribution in [0.15, 0.2) is 35.5 Å². The highest BCUT2D eigenvalue weighted by molar-refractivity contribution is 7.99. The third-order valence-electron chi connectivity index (χ3n) is 3.48. The third kappa shape index (κ3) is 4.10. The van der Waals surface area contributed by atoms with Gasteiger partial charge in [0.1, 0.15) is 0 Å². The summed E-state index contributed by atoms with van der Waals surface area (Å²) in [6.45, 7) is 1.63. The van der Waals surface area contributed by atoms with Crippen LogP contribution in [0.4, 0.5) is 0 Å². The summed E-state index contributed by atoms with van der Waals surface area (Å²) in [6, 6.07) is 9.00. The van der Waals surface area contributed by atoms with E-state index in [0.29, 0.717) is 16.5 Å². The van der Waals surface area contributed by atoms with Crippen LogP contribution >= 0.6 is 11.8 Å². The topological polar surface area (TPSA) is 99.0 Å². The maximum atomic E-state index is 12.3. The molecule has 0 unspecified atom stereocenters. The smallest absolute Gasteiger partial charge is 0.336 e. The zero-order valence-corrected chi connectivity index (χ0v) is 14.5. The molecule has 0 aliphatic heterocycles. The maximum absolute atomic E-state index is 12.3. The van der Waals surface area contributed by atoms with Gasteiger partial charge in [0.25, 0.3) is 0 Å². The van der Waals surface area contributed by atoms with Crippen molar-refractivity contribution < 1.29 is 14.3 Å². The van der Waals surface area contributed by atoms with Crippen molar-refractivity contribution in [1.82, 2.24) is 25.5 Å². The van der Waals surface area contributed by atoms with Gasteiger partial charge in [-0.25, -0.2) is 9.48 Å². The first kappa shape index (κ1) is 17.9. The van der Waals surface area contributed by atoms with Gasteiger partial charge in [0.15, 0.2) is 5.54 Å². The molecule has 1 aromatic carbocycles. The van der Waals surface area contributed by atoms with Gasteiger partial charge < -0.3 is 10.1 Å². The Balaban J connectivity index is 2.00. The third-order valence-corrected chi connectivity index (χ3v) is 4.49. The van der Waals surface area contributed by atoms with Gasteiger partial charge in [0.2, 0.25) is 11.1 Å². The number of carbonyl (C=O) groups is 2. The van der Waals surface area contributed by atoms with E-state index >= 15 is 0 Å². The molecule has 1 aromatic heterocycles. The van der Waals surface area contributed by atoms with Crippen molar-refractivity contribution in [3.05, 3.63) is 35.9 Å². The number of rotatable bonds is 7. The molecule has 0 aliphatic rings. The average Bonchev–Trinajstić information content (AvgIpc) is 3.00. The summed E-state index contributed by atoms with van der Waals surface area (Å²) in [5, 5.41) is 14.5. The van der Waals surface area contributed by atoms with E-state index in [9.17, 15) is 9.59 Å². The fourth-order valence-electron chi connectivity index (χ4n) is 2.14. The van der Waals surface area contributed by atoms with Crippen molar-refractivity contribution in [2.45, 2.75) is 24.0 Å². The van der Waals surface area contributed by atoms with Gasteiger partial charge in [-0.05, 0) is 22.9 Å². The minimum absolute atomic E-state index is 0.219. The maximum Gasteiger partial charge on any atom is 0.336 e. The molecule has 128 valence electrons. The summed E-state index contributed by atoms with van der Waals surface area (Å²) in [6.07, 6.45) is 0.219. The fraction of sp³-hybridized carbons (Fsp3) is 0.400. The molecule has 1 amide bonds. The number of esters is 1. The first-order valence-electron chi connectivity index (χ1n) is 7.27. The first-order valence-corrected chi connectivity index (χ1v) is 8.26. The lowest BCUT2D eigenvalue weighted by Crippen LogP contribution is -2.50. The second kappa shape index (κ2) is 7.91. The molecule has 0 aliphatic carbocycles. The van der Waals surface area contributed by atoms with Crippen molar-refractivity contribution >= 4 is 23.6 Å². The molecule has 8 nitrogen and oxygen atoms in total. The zero-order chi connectivity index (χ0) is 17.6. The Labute approximate surface area is 144 Å². The van der Waals surface area contributed by atoms with Gasteiger partial charge in [-0.15, -0.1) is 5.10 Å². The molecule has 2 rings (SSSR count). The Morgan fingerprint density at radius 3 is 2.62 bits per heavy atom. The molecular formula is C15H19N5O3S. The molecule has 1 N–H and O–H groups in total. The van der Waals surface area contributed by atoms with E-state index in [1.54, 1.807) is 38.2 Å². The Kier molecular flexibility index (Phi) is 5.91. The number of benzene rings is 1. The van der Waals surface area contributed by atoms with Crippen molar-refractivity contribution in [2.75, 3.05) is 12.9 Å². The second-order valence-electron chi connectivity index (χ2n) is 5.21. The number of amides is 1. The summed E-state index contributed by atoms with van der Waals surface area (Å²) >= 11 is 1.37. The van der Waals surface area contributed by atoms with Crippen LogP contribution in [0.1, 0.15) is 18.9 Å². The molecule has 1 heterocycles. The number of hydrogen-bond acceptors (Lipinski definition) is 7. The molecule has 1 atom stereocenters. The SMILES string of the molecule is COC(=O)[C@@](C)(NC(=O)CCSc1nnnn1C)c1ccccc1. The monoisotopic (exact) mass is 349 g/mol. The summed E-state index contributed by atoms with van der Waals surface area (Å²) < 4.78 is 6.39. The van der Waals surface area contributed by atoms with Crippen molar-refractivity contribution in [3.8, 4) is 0 Å². The highest BCUT2D eigenvalue weighted by Gasteiger charge is 2.37. The number of hydrogen-bond donors (Lipinski definition) is 1. The number of tetrazole rings is 1. The summed E-state index contributed by atoms with van der Waals surface area (Å²) in [5.41, 5.74) is -0.570. The number of methoxy groups -OCH3 is 1. The Bertz CT molecular complexity index is 706. The molecule has 0 bridgehead atoms. The van der Waals surface area contributed by atoms with Gasteiger partial charge in [-0.1, -0.05) is 42.1 Å². The predicted molar refractivity (Wildman–Crippen MR) is 88.1 cm³/mol. The molecule has 0 radical (unpaired) electrons. The summed E-state index contributed by atoms with van der Waals surface area (Å²) in [7, 11) is 3.03. The lowest BCUT2D eigenvalue weighted by molar-refractivity contribution is -0.150. The Morgan fingerprint density at radius 2 is 2.04 bits per heavy atom. The van der Waals surface area contributed by atoms with Crippen LogP contribution < -0.4 is 5.32 Å². The molecule has 0 fully saturated rings. The van der Waals surface area contributed by atoms with Gasteiger partial charge in [0.05, 0.1) is 7.11 Å². The number of ether oxygens (including phenoxy) is 1. The number of aromatic nitrogens is 4.